The zero-order chi connectivity index (χ0) is 11.3. The minimum Gasteiger partial charge on any atom is -0.506 e. The quantitative estimate of drug-likeness (QED) is 0.732. The molecule has 15 heavy (non-hydrogen) atoms. The molecule has 1 heterocycles. The fourth-order valence-corrected chi connectivity index (χ4v) is 1.27. The molecule has 0 bridgehead atoms. The van der Waals surface area contributed by atoms with Crippen molar-refractivity contribution in [3.63, 3.8) is 0 Å². The number of aryl methyl sites for hydroxylation is 1. The zero-order valence-electron chi connectivity index (χ0n) is 9.12. The van der Waals surface area contributed by atoms with Crippen molar-refractivity contribution in [2.75, 3.05) is 0 Å². The van der Waals surface area contributed by atoms with Crippen LogP contribution in [0.1, 0.15) is 24.7 Å². The summed E-state index contributed by atoms with van der Waals surface area (Å²) in [5.74, 6) is 2.84. The Morgan fingerprint density at radius 2 is 2.33 bits per heavy atom. The summed E-state index contributed by atoms with van der Waals surface area (Å²) in [7, 11) is 0. The first-order chi connectivity index (χ1) is 7.17. The molecule has 2 N–H and O–H groups in total. The molecule has 3 heteroatoms. The maximum Gasteiger partial charge on any atom is 0.138 e. The summed E-state index contributed by atoms with van der Waals surface area (Å²) < 4.78 is 0. The van der Waals surface area contributed by atoms with Crippen molar-refractivity contribution >= 4 is 0 Å². The first-order valence-electron chi connectivity index (χ1n) is 5.02. The van der Waals surface area contributed by atoms with Crippen molar-refractivity contribution in [3.05, 3.63) is 23.5 Å². The predicted octanol–water partition coefficient (Wildman–Crippen LogP) is 1.60. The lowest BCUT2D eigenvalue weighted by atomic mass is 10.2. The summed E-state index contributed by atoms with van der Waals surface area (Å²) >= 11 is 0. The fraction of sp³-hybridized carbons (Fsp3) is 0.417. The van der Waals surface area contributed by atoms with Gasteiger partial charge in [-0.1, -0.05) is 12.8 Å². The Morgan fingerprint density at radius 3 is 2.93 bits per heavy atom. The van der Waals surface area contributed by atoms with E-state index in [-0.39, 0.29) is 11.8 Å². The van der Waals surface area contributed by atoms with Gasteiger partial charge in [0.1, 0.15) is 5.75 Å². The second kappa shape index (κ2) is 5.38. The number of nitrogens with zero attached hydrogens (tertiary/aromatic N) is 1. The molecule has 1 atom stereocenters. The highest BCUT2D eigenvalue weighted by molar-refractivity contribution is 5.27. The van der Waals surface area contributed by atoms with E-state index in [1.165, 1.54) is 0 Å². The van der Waals surface area contributed by atoms with Gasteiger partial charge in [0.15, 0.2) is 0 Å². The van der Waals surface area contributed by atoms with Gasteiger partial charge >= 0.3 is 0 Å². The first kappa shape index (κ1) is 11.5. The molecular weight excluding hydrogens is 188 g/mol. The van der Waals surface area contributed by atoms with E-state index in [0.717, 1.165) is 12.1 Å². The van der Waals surface area contributed by atoms with Crippen LogP contribution >= 0.6 is 0 Å². The molecule has 0 aliphatic heterocycles. The number of aromatic nitrogens is 1. The number of pyridine rings is 1. The van der Waals surface area contributed by atoms with E-state index in [4.69, 9.17) is 6.42 Å². The molecule has 0 radical (unpaired) electrons. The Labute approximate surface area is 90.5 Å². The minimum absolute atomic E-state index is 0.0340. The fourth-order valence-electron chi connectivity index (χ4n) is 1.27. The summed E-state index contributed by atoms with van der Waals surface area (Å²) in [6.45, 7) is 4.40. The van der Waals surface area contributed by atoms with Crippen molar-refractivity contribution in [1.29, 1.82) is 0 Å². The van der Waals surface area contributed by atoms with Crippen LogP contribution in [0.2, 0.25) is 0 Å². The Bertz CT molecular complexity index is 368. The van der Waals surface area contributed by atoms with E-state index < -0.39 is 0 Å². The molecule has 0 amide bonds. The molecule has 80 valence electrons. The molecule has 0 aromatic carbocycles. The van der Waals surface area contributed by atoms with Gasteiger partial charge in [0.25, 0.3) is 0 Å². The van der Waals surface area contributed by atoms with Crippen LogP contribution in [0.15, 0.2) is 12.1 Å². The molecule has 0 saturated carbocycles. The molecule has 3 nitrogen and oxygen atoms in total. The summed E-state index contributed by atoms with van der Waals surface area (Å²) in [6.07, 6.45) is 6.18. The number of hydrogen-bond donors (Lipinski definition) is 2. The third-order valence-electron chi connectivity index (χ3n) is 2.21. The van der Waals surface area contributed by atoms with Gasteiger partial charge in [-0.05, 0) is 25.5 Å². The lowest BCUT2D eigenvalue weighted by Crippen LogP contribution is -2.26. The largest absolute Gasteiger partial charge is 0.506 e. The molecule has 0 fully saturated rings. The van der Waals surface area contributed by atoms with Gasteiger partial charge in [-0.15, -0.1) is 6.42 Å². The molecule has 0 saturated heterocycles. The van der Waals surface area contributed by atoms with Crippen molar-refractivity contribution < 1.29 is 5.11 Å². The summed E-state index contributed by atoms with van der Waals surface area (Å²) in [4.78, 5) is 4.23. The average molecular weight is 204 g/mol. The molecule has 1 rings (SSSR count). The summed E-state index contributed by atoms with van der Waals surface area (Å²) in [5, 5.41) is 12.7. The smallest absolute Gasteiger partial charge is 0.138 e. The highest BCUT2D eigenvalue weighted by atomic mass is 16.3. The zero-order valence-corrected chi connectivity index (χ0v) is 9.12. The Morgan fingerprint density at radius 1 is 1.60 bits per heavy atom. The minimum atomic E-state index is 0.0340. The van der Waals surface area contributed by atoms with E-state index in [1.54, 1.807) is 12.1 Å². The van der Waals surface area contributed by atoms with Gasteiger partial charge in [0.05, 0.1) is 11.7 Å². The third kappa shape index (κ3) is 3.26. The second-order valence-corrected chi connectivity index (χ2v) is 3.43. The first-order valence-corrected chi connectivity index (χ1v) is 5.02. The predicted molar refractivity (Wildman–Crippen MR) is 60.4 cm³/mol. The number of hydrogen-bond acceptors (Lipinski definition) is 3. The molecule has 0 aliphatic rings. The topological polar surface area (TPSA) is 45.2 Å². The molecule has 1 aromatic heterocycles. The van der Waals surface area contributed by atoms with E-state index in [0.29, 0.717) is 12.2 Å². The third-order valence-corrected chi connectivity index (χ3v) is 2.21. The Kier molecular flexibility index (Phi) is 4.14. The van der Waals surface area contributed by atoms with Crippen LogP contribution in [0.3, 0.4) is 0 Å². The highest BCUT2D eigenvalue weighted by Crippen LogP contribution is 2.14. The molecule has 0 aliphatic carbocycles. The van der Waals surface area contributed by atoms with Crippen LogP contribution in [-0.2, 0) is 6.54 Å². The van der Waals surface area contributed by atoms with Gasteiger partial charge in [-0.3, -0.25) is 10.3 Å². The van der Waals surface area contributed by atoms with Gasteiger partial charge in [0, 0.05) is 12.2 Å². The van der Waals surface area contributed by atoms with Gasteiger partial charge < -0.3 is 5.11 Å². The SMILES string of the molecule is C#CC(CC)NCc1nc(C)ccc1O. The maximum atomic E-state index is 9.54. The van der Waals surface area contributed by atoms with E-state index in [1.807, 2.05) is 13.8 Å². The monoisotopic (exact) mass is 204 g/mol. The number of aromatic hydroxyl groups is 1. The molecule has 1 unspecified atom stereocenters. The standard InChI is InChI=1S/C12H16N2O/c1-4-10(5-2)13-8-11-12(15)7-6-9(3)14-11/h1,6-7,10,13,15H,5,8H2,2-3H3. The maximum absolute atomic E-state index is 9.54. The average Bonchev–Trinajstić information content (AvgIpc) is 2.24. The van der Waals surface area contributed by atoms with Crippen molar-refractivity contribution in [3.8, 4) is 18.1 Å². The Balaban J connectivity index is 2.65. The molecule has 0 spiro atoms. The molecule has 1 aromatic rings. The van der Waals surface area contributed by atoms with Gasteiger partial charge in [-0.25, -0.2) is 0 Å². The van der Waals surface area contributed by atoms with Crippen LogP contribution in [0.4, 0.5) is 0 Å². The van der Waals surface area contributed by atoms with Gasteiger partial charge in [-0.2, -0.15) is 0 Å². The Hall–Kier alpha value is -1.53. The number of rotatable bonds is 4. The number of nitrogens with one attached hydrogen (secondary N) is 1. The summed E-state index contributed by atoms with van der Waals surface area (Å²) in [6, 6.07) is 3.46. The van der Waals surface area contributed by atoms with Gasteiger partial charge in [0.2, 0.25) is 0 Å². The second-order valence-electron chi connectivity index (χ2n) is 3.43. The van der Waals surface area contributed by atoms with Crippen LogP contribution in [0.25, 0.3) is 0 Å². The number of terminal acetylenes is 1. The van der Waals surface area contributed by atoms with Crippen molar-refractivity contribution in [1.82, 2.24) is 10.3 Å². The lowest BCUT2D eigenvalue weighted by molar-refractivity contribution is 0.456. The van der Waals surface area contributed by atoms with Crippen LogP contribution in [0, 0.1) is 19.3 Å². The summed E-state index contributed by atoms with van der Waals surface area (Å²) in [5.41, 5.74) is 1.53. The highest BCUT2D eigenvalue weighted by Gasteiger charge is 2.05. The normalized spacial score (nSPS) is 12.1. The van der Waals surface area contributed by atoms with E-state index in [2.05, 4.69) is 16.2 Å². The van der Waals surface area contributed by atoms with Crippen molar-refractivity contribution in [2.24, 2.45) is 0 Å². The van der Waals surface area contributed by atoms with Crippen LogP contribution in [-0.4, -0.2) is 16.1 Å². The van der Waals surface area contributed by atoms with E-state index in [9.17, 15) is 5.11 Å². The van der Waals surface area contributed by atoms with Crippen molar-refractivity contribution in [2.45, 2.75) is 32.9 Å². The molecular formula is C12H16N2O. The van der Waals surface area contributed by atoms with Crippen LogP contribution in [0.5, 0.6) is 5.75 Å². The van der Waals surface area contributed by atoms with E-state index >= 15 is 0 Å². The van der Waals surface area contributed by atoms with Crippen LogP contribution < -0.4 is 5.32 Å². The lowest BCUT2D eigenvalue weighted by Gasteiger charge is -2.11.